The van der Waals surface area contributed by atoms with Crippen LogP contribution in [0.25, 0.3) is 0 Å². The zero-order chi connectivity index (χ0) is 16.0. The van der Waals surface area contributed by atoms with Crippen LogP contribution >= 0.6 is 0 Å². The lowest BCUT2D eigenvalue weighted by molar-refractivity contribution is -0.384. The molecule has 1 aromatic rings. The number of carboxylic acids is 1. The van der Waals surface area contributed by atoms with Crippen LogP contribution in [0.4, 0.5) is 5.69 Å². The summed E-state index contributed by atoms with van der Waals surface area (Å²) in [6, 6.07) is 3.42. The third-order valence-electron chi connectivity index (χ3n) is 2.62. The number of carboxylic acid groups (broad SMARTS) is 1. The Hall–Kier alpha value is -2.97. The Morgan fingerprint density at radius 1 is 1.29 bits per heavy atom. The van der Waals surface area contributed by atoms with Gasteiger partial charge in [-0.25, -0.2) is 4.79 Å². The highest BCUT2D eigenvalue weighted by Gasteiger charge is 2.21. The minimum absolute atomic E-state index is 0.0749. The van der Waals surface area contributed by atoms with Gasteiger partial charge in [-0.1, -0.05) is 0 Å². The first-order valence-electron chi connectivity index (χ1n) is 5.87. The molecule has 0 unspecified atom stereocenters. The number of benzene rings is 1. The second-order valence-corrected chi connectivity index (χ2v) is 4.17. The van der Waals surface area contributed by atoms with E-state index in [1.807, 2.05) is 0 Å². The monoisotopic (exact) mass is 295 g/mol. The highest BCUT2D eigenvalue weighted by molar-refractivity contribution is 5.96. The Morgan fingerprint density at radius 3 is 2.29 bits per heavy atom. The smallest absolute Gasteiger partial charge is 0.326 e. The molecular formula is C12H13N3O6. The summed E-state index contributed by atoms with van der Waals surface area (Å²) in [6.45, 7) is 0. The highest BCUT2D eigenvalue weighted by Crippen LogP contribution is 2.12. The van der Waals surface area contributed by atoms with Gasteiger partial charge in [-0.3, -0.25) is 19.7 Å². The molecule has 4 N–H and O–H groups in total. The molecule has 0 aliphatic rings. The number of primary amides is 1. The number of hydrogen-bond donors (Lipinski definition) is 3. The van der Waals surface area contributed by atoms with Gasteiger partial charge in [0.2, 0.25) is 5.91 Å². The molecule has 0 heterocycles. The van der Waals surface area contributed by atoms with Gasteiger partial charge in [0.15, 0.2) is 0 Å². The molecule has 9 nitrogen and oxygen atoms in total. The Morgan fingerprint density at radius 2 is 1.86 bits per heavy atom. The van der Waals surface area contributed by atoms with Gasteiger partial charge in [-0.15, -0.1) is 0 Å². The summed E-state index contributed by atoms with van der Waals surface area (Å²) < 4.78 is 0. The number of nitro benzene ring substituents is 1. The van der Waals surface area contributed by atoms with E-state index in [-0.39, 0.29) is 24.1 Å². The summed E-state index contributed by atoms with van der Waals surface area (Å²) in [7, 11) is 0. The molecule has 1 atom stereocenters. The zero-order valence-electron chi connectivity index (χ0n) is 10.8. The molecule has 0 radical (unpaired) electrons. The molecule has 2 amide bonds. The highest BCUT2D eigenvalue weighted by atomic mass is 16.6. The maximum atomic E-state index is 11.8. The first-order chi connectivity index (χ1) is 9.81. The number of carbonyl (C=O) groups is 3. The zero-order valence-corrected chi connectivity index (χ0v) is 10.8. The third-order valence-corrected chi connectivity index (χ3v) is 2.62. The first kappa shape index (κ1) is 16.1. The van der Waals surface area contributed by atoms with E-state index in [0.717, 1.165) is 12.1 Å². The molecule has 0 saturated heterocycles. The number of nitrogens with zero attached hydrogens (tertiary/aromatic N) is 1. The molecule has 0 saturated carbocycles. The van der Waals surface area contributed by atoms with Crippen LogP contribution in [0.5, 0.6) is 0 Å². The van der Waals surface area contributed by atoms with Gasteiger partial charge in [0.25, 0.3) is 11.6 Å². The van der Waals surface area contributed by atoms with Crippen molar-refractivity contribution in [1.82, 2.24) is 5.32 Å². The van der Waals surface area contributed by atoms with Gasteiger partial charge in [0.05, 0.1) is 4.92 Å². The maximum absolute atomic E-state index is 11.8. The Bertz CT molecular complexity index is 569. The molecule has 21 heavy (non-hydrogen) atoms. The number of nitrogens with two attached hydrogens (primary N) is 1. The van der Waals surface area contributed by atoms with Crippen LogP contribution in [0, 0.1) is 10.1 Å². The van der Waals surface area contributed by atoms with Crippen LogP contribution in [-0.4, -0.2) is 33.9 Å². The number of hydrogen-bond acceptors (Lipinski definition) is 5. The van der Waals surface area contributed by atoms with Crippen molar-refractivity contribution in [1.29, 1.82) is 0 Å². The second kappa shape index (κ2) is 6.98. The minimum atomic E-state index is -1.30. The molecule has 0 aromatic heterocycles. The summed E-state index contributed by atoms with van der Waals surface area (Å²) in [6.07, 6.45) is -0.319. The van der Waals surface area contributed by atoms with Crippen molar-refractivity contribution in [3.05, 3.63) is 39.9 Å². The van der Waals surface area contributed by atoms with Crippen LogP contribution in [0.1, 0.15) is 23.2 Å². The molecule has 1 aromatic carbocycles. The van der Waals surface area contributed by atoms with Crippen LogP contribution in [0.2, 0.25) is 0 Å². The van der Waals surface area contributed by atoms with Gasteiger partial charge >= 0.3 is 5.97 Å². The van der Waals surface area contributed by atoms with E-state index < -0.39 is 28.7 Å². The van der Waals surface area contributed by atoms with Crippen molar-refractivity contribution in [3.8, 4) is 0 Å². The fourth-order valence-electron chi connectivity index (χ4n) is 1.52. The van der Waals surface area contributed by atoms with Gasteiger partial charge < -0.3 is 16.2 Å². The molecular weight excluding hydrogens is 282 g/mol. The summed E-state index contributed by atoms with van der Waals surface area (Å²) in [5.41, 5.74) is 4.81. The van der Waals surface area contributed by atoms with Gasteiger partial charge in [-0.05, 0) is 18.6 Å². The van der Waals surface area contributed by atoms with E-state index in [4.69, 9.17) is 10.8 Å². The lowest BCUT2D eigenvalue weighted by Gasteiger charge is -2.13. The van der Waals surface area contributed by atoms with E-state index in [1.165, 1.54) is 12.1 Å². The molecule has 1 rings (SSSR count). The van der Waals surface area contributed by atoms with Crippen molar-refractivity contribution < 1.29 is 24.4 Å². The number of carbonyl (C=O) groups excluding carboxylic acids is 2. The topological polar surface area (TPSA) is 153 Å². The number of aliphatic carboxylic acids is 1. The predicted molar refractivity (Wildman–Crippen MR) is 70.4 cm³/mol. The Balaban J connectivity index is 2.74. The van der Waals surface area contributed by atoms with E-state index >= 15 is 0 Å². The van der Waals surface area contributed by atoms with E-state index in [2.05, 4.69) is 5.32 Å². The third kappa shape index (κ3) is 4.90. The number of rotatable bonds is 7. The van der Waals surface area contributed by atoms with Crippen LogP contribution in [-0.2, 0) is 9.59 Å². The predicted octanol–water partition coefficient (Wildman–Crippen LogP) is 0.0433. The van der Waals surface area contributed by atoms with Crippen LogP contribution in [0.3, 0.4) is 0 Å². The van der Waals surface area contributed by atoms with Crippen molar-refractivity contribution in [2.24, 2.45) is 5.73 Å². The van der Waals surface area contributed by atoms with Gasteiger partial charge in [-0.2, -0.15) is 0 Å². The summed E-state index contributed by atoms with van der Waals surface area (Å²) in [4.78, 5) is 43.3. The molecule has 9 heteroatoms. The standard InChI is InChI=1S/C12H13N3O6/c13-10(16)6-5-9(12(18)19)14-11(17)7-1-3-8(4-2-7)15(20)21/h1-4,9H,5-6H2,(H2,13,16)(H,14,17)(H,18,19)/t9-/m0/s1. The van der Waals surface area contributed by atoms with E-state index in [0.29, 0.717) is 0 Å². The SMILES string of the molecule is NC(=O)CC[C@H](NC(=O)c1ccc([N+](=O)[O-])cc1)C(=O)O. The van der Waals surface area contributed by atoms with E-state index in [9.17, 15) is 24.5 Å². The quantitative estimate of drug-likeness (QED) is 0.477. The van der Waals surface area contributed by atoms with Crippen LogP contribution < -0.4 is 11.1 Å². The fourth-order valence-corrected chi connectivity index (χ4v) is 1.52. The molecule has 0 spiro atoms. The van der Waals surface area contributed by atoms with Crippen molar-refractivity contribution in [2.45, 2.75) is 18.9 Å². The second-order valence-electron chi connectivity index (χ2n) is 4.17. The average molecular weight is 295 g/mol. The van der Waals surface area contributed by atoms with Crippen molar-refractivity contribution in [3.63, 3.8) is 0 Å². The maximum Gasteiger partial charge on any atom is 0.326 e. The Kier molecular flexibility index (Phi) is 5.35. The average Bonchev–Trinajstić information content (AvgIpc) is 2.42. The molecule has 0 fully saturated rings. The van der Waals surface area contributed by atoms with Crippen molar-refractivity contribution >= 4 is 23.5 Å². The number of nitro groups is 1. The molecule has 0 bridgehead atoms. The summed E-state index contributed by atoms with van der Waals surface area (Å²) >= 11 is 0. The van der Waals surface area contributed by atoms with Gasteiger partial charge in [0, 0.05) is 24.1 Å². The minimum Gasteiger partial charge on any atom is -0.480 e. The summed E-state index contributed by atoms with van der Waals surface area (Å²) in [5, 5.41) is 21.6. The fraction of sp³-hybridized carbons (Fsp3) is 0.250. The molecule has 112 valence electrons. The first-order valence-corrected chi connectivity index (χ1v) is 5.87. The molecule has 0 aliphatic heterocycles. The van der Waals surface area contributed by atoms with Crippen LogP contribution in [0.15, 0.2) is 24.3 Å². The molecule has 0 aliphatic carbocycles. The Labute approximate surface area is 118 Å². The largest absolute Gasteiger partial charge is 0.480 e. The lowest BCUT2D eigenvalue weighted by Crippen LogP contribution is -2.41. The number of non-ortho nitro benzene ring substituents is 1. The summed E-state index contributed by atoms with van der Waals surface area (Å²) in [5.74, 6) is -2.68. The number of amides is 2. The van der Waals surface area contributed by atoms with Crippen molar-refractivity contribution in [2.75, 3.05) is 0 Å². The van der Waals surface area contributed by atoms with Gasteiger partial charge in [0.1, 0.15) is 6.04 Å². The lowest BCUT2D eigenvalue weighted by atomic mass is 10.1. The van der Waals surface area contributed by atoms with E-state index in [1.54, 1.807) is 0 Å². The number of nitrogens with one attached hydrogen (secondary N) is 1. The normalized spacial score (nSPS) is 11.4.